The minimum Gasteiger partial charge on any atom is -0.313 e. The van der Waals surface area contributed by atoms with Crippen LogP contribution in [0.15, 0.2) is 52.4 Å². The van der Waals surface area contributed by atoms with E-state index in [2.05, 4.69) is 20.1 Å². The molecule has 0 unspecified atom stereocenters. The van der Waals surface area contributed by atoms with Gasteiger partial charge in [-0.2, -0.15) is 5.10 Å². The van der Waals surface area contributed by atoms with Gasteiger partial charge in [0.2, 0.25) is 0 Å². The van der Waals surface area contributed by atoms with Crippen molar-refractivity contribution in [3.05, 3.63) is 85.7 Å². The molecule has 3 heterocycles. The van der Waals surface area contributed by atoms with Crippen LogP contribution in [0.25, 0.3) is 16.9 Å². The fourth-order valence-corrected chi connectivity index (χ4v) is 3.78. The highest BCUT2D eigenvalue weighted by Crippen LogP contribution is 2.55. The lowest BCUT2D eigenvalue weighted by atomic mass is 10.0. The predicted molar refractivity (Wildman–Crippen MR) is 101 cm³/mol. The van der Waals surface area contributed by atoms with Crippen molar-refractivity contribution in [2.24, 2.45) is 0 Å². The lowest BCUT2D eigenvalue weighted by Gasteiger charge is -2.07. The van der Waals surface area contributed by atoms with E-state index in [1.807, 2.05) is 6.07 Å². The molecule has 0 radical (unpaired) electrons. The standard InChI is InChI=1S/C19H13ClFN5O2/c20-14-5-9(1-2-15(14)21)10-6-11(10)12-7-16(25-26-4-3-22-17(12)26)13-8-23-19(28)24-18(13)27/h1-5,7-8,10-11H,6H2,(H2,23,24,27,28)/t10-,11+/m1/s1. The first-order valence-corrected chi connectivity index (χ1v) is 9.00. The van der Waals surface area contributed by atoms with Crippen LogP contribution in [0.4, 0.5) is 4.39 Å². The highest BCUT2D eigenvalue weighted by Gasteiger charge is 2.41. The summed E-state index contributed by atoms with van der Waals surface area (Å²) < 4.78 is 15.1. The lowest BCUT2D eigenvalue weighted by molar-refractivity contribution is 0.627. The summed E-state index contributed by atoms with van der Waals surface area (Å²) in [7, 11) is 0. The zero-order valence-electron chi connectivity index (χ0n) is 14.3. The van der Waals surface area contributed by atoms with Crippen LogP contribution in [-0.2, 0) is 0 Å². The Morgan fingerprint density at radius 2 is 2.07 bits per heavy atom. The van der Waals surface area contributed by atoms with E-state index in [-0.39, 0.29) is 22.4 Å². The maximum atomic E-state index is 13.5. The number of aromatic amines is 2. The van der Waals surface area contributed by atoms with Crippen molar-refractivity contribution in [2.45, 2.75) is 18.3 Å². The second kappa shape index (κ2) is 6.13. The van der Waals surface area contributed by atoms with Crippen LogP contribution in [-0.4, -0.2) is 24.6 Å². The van der Waals surface area contributed by atoms with Gasteiger partial charge in [0, 0.05) is 24.2 Å². The number of nitrogens with one attached hydrogen (secondary N) is 2. The van der Waals surface area contributed by atoms with Crippen LogP contribution in [0.2, 0.25) is 5.02 Å². The first-order valence-electron chi connectivity index (χ1n) is 8.63. The van der Waals surface area contributed by atoms with Crippen LogP contribution in [0, 0.1) is 5.82 Å². The second-order valence-corrected chi connectivity index (χ2v) is 7.20. The van der Waals surface area contributed by atoms with Crippen molar-refractivity contribution in [3.8, 4) is 11.3 Å². The Balaban J connectivity index is 1.60. The van der Waals surface area contributed by atoms with Crippen molar-refractivity contribution in [3.63, 3.8) is 0 Å². The maximum absolute atomic E-state index is 13.5. The SMILES string of the molecule is O=c1[nH]cc(-c2cc([C@H]3C[C@@H]3c3ccc(F)c(Cl)c3)c3nccn3n2)c(=O)[nH]1. The molecule has 1 aliphatic rings. The number of hydrogen-bond acceptors (Lipinski definition) is 4. The van der Waals surface area contributed by atoms with Gasteiger partial charge >= 0.3 is 5.69 Å². The average Bonchev–Trinajstić information content (AvgIpc) is 3.31. The minimum atomic E-state index is -0.576. The van der Waals surface area contributed by atoms with Gasteiger partial charge in [0.05, 0.1) is 16.3 Å². The maximum Gasteiger partial charge on any atom is 0.325 e. The molecule has 0 amide bonds. The fourth-order valence-electron chi connectivity index (χ4n) is 3.60. The van der Waals surface area contributed by atoms with E-state index in [4.69, 9.17) is 11.6 Å². The molecule has 0 bridgehead atoms. The number of benzene rings is 1. The monoisotopic (exact) mass is 397 g/mol. The van der Waals surface area contributed by atoms with Gasteiger partial charge in [-0.05, 0) is 42.0 Å². The number of hydrogen-bond donors (Lipinski definition) is 2. The van der Waals surface area contributed by atoms with Gasteiger partial charge in [-0.25, -0.2) is 18.7 Å². The van der Waals surface area contributed by atoms with E-state index in [1.54, 1.807) is 29.0 Å². The molecule has 28 heavy (non-hydrogen) atoms. The molecule has 9 heteroatoms. The fraction of sp³-hybridized carbons (Fsp3) is 0.158. The third kappa shape index (κ3) is 2.73. The van der Waals surface area contributed by atoms with E-state index in [0.29, 0.717) is 11.3 Å². The molecule has 3 aromatic heterocycles. The van der Waals surface area contributed by atoms with Crippen molar-refractivity contribution >= 4 is 17.2 Å². The summed E-state index contributed by atoms with van der Waals surface area (Å²) in [6, 6.07) is 6.58. The average molecular weight is 398 g/mol. The second-order valence-electron chi connectivity index (χ2n) is 6.79. The highest BCUT2D eigenvalue weighted by atomic mass is 35.5. The Morgan fingerprint density at radius 3 is 2.86 bits per heavy atom. The van der Waals surface area contributed by atoms with Gasteiger partial charge in [-0.15, -0.1) is 0 Å². The normalized spacial score (nSPS) is 18.5. The summed E-state index contributed by atoms with van der Waals surface area (Å²) in [6.07, 6.45) is 5.54. The molecule has 0 saturated heterocycles. The Morgan fingerprint density at radius 1 is 1.21 bits per heavy atom. The van der Waals surface area contributed by atoms with Gasteiger partial charge in [0.1, 0.15) is 5.82 Å². The highest BCUT2D eigenvalue weighted by molar-refractivity contribution is 6.30. The summed E-state index contributed by atoms with van der Waals surface area (Å²) in [5.41, 5.74) is 2.20. The molecule has 5 rings (SSSR count). The van der Waals surface area contributed by atoms with E-state index in [1.165, 1.54) is 12.3 Å². The molecule has 1 aliphatic carbocycles. The van der Waals surface area contributed by atoms with Crippen LogP contribution in [0.5, 0.6) is 0 Å². The van der Waals surface area contributed by atoms with Crippen molar-refractivity contribution < 1.29 is 4.39 Å². The first kappa shape index (κ1) is 16.9. The Hall–Kier alpha value is -3.26. The molecule has 140 valence electrons. The van der Waals surface area contributed by atoms with E-state index < -0.39 is 17.1 Å². The summed E-state index contributed by atoms with van der Waals surface area (Å²) >= 11 is 5.92. The van der Waals surface area contributed by atoms with Crippen molar-refractivity contribution in [1.82, 2.24) is 24.6 Å². The number of aromatic nitrogens is 5. The third-order valence-electron chi connectivity index (χ3n) is 5.04. The largest absolute Gasteiger partial charge is 0.325 e. The molecule has 0 spiro atoms. The lowest BCUT2D eigenvalue weighted by Crippen LogP contribution is -2.23. The van der Waals surface area contributed by atoms with E-state index in [0.717, 1.165) is 17.5 Å². The quantitative estimate of drug-likeness (QED) is 0.555. The van der Waals surface area contributed by atoms with E-state index in [9.17, 15) is 14.0 Å². The number of rotatable bonds is 3. The Kier molecular flexibility index (Phi) is 3.70. The zero-order chi connectivity index (χ0) is 19.4. The molecular formula is C19H13ClFN5O2. The van der Waals surface area contributed by atoms with Gasteiger partial charge in [-0.3, -0.25) is 9.78 Å². The molecule has 2 N–H and O–H groups in total. The van der Waals surface area contributed by atoms with Crippen LogP contribution in [0.3, 0.4) is 0 Å². The van der Waals surface area contributed by atoms with Gasteiger partial charge < -0.3 is 4.98 Å². The number of nitrogens with zero attached hydrogens (tertiary/aromatic N) is 3. The van der Waals surface area contributed by atoms with Crippen molar-refractivity contribution in [2.75, 3.05) is 0 Å². The first-order chi connectivity index (χ1) is 13.5. The van der Waals surface area contributed by atoms with Crippen LogP contribution < -0.4 is 11.2 Å². The Labute approximate surface area is 161 Å². The van der Waals surface area contributed by atoms with Gasteiger partial charge in [-0.1, -0.05) is 17.7 Å². The molecule has 1 fully saturated rings. The Bertz CT molecular complexity index is 1340. The van der Waals surface area contributed by atoms with Gasteiger partial charge in [0.25, 0.3) is 5.56 Å². The van der Waals surface area contributed by atoms with Crippen molar-refractivity contribution in [1.29, 1.82) is 0 Å². The molecule has 1 saturated carbocycles. The topological polar surface area (TPSA) is 95.9 Å². The molecular weight excluding hydrogens is 385 g/mol. The molecule has 0 aliphatic heterocycles. The third-order valence-corrected chi connectivity index (χ3v) is 5.33. The van der Waals surface area contributed by atoms with E-state index >= 15 is 0 Å². The van der Waals surface area contributed by atoms with Gasteiger partial charge in [0.15, 0.2) is 5.65 Å². The number of H-pyrrole nitrogens is 2. The summed E-state index contributed by atoms with van der Waals surface area (Å²) in [5, 5.41) is 4.53. The minimum absolute atomic E-state index is 0.101. The summed E-state index contributed by atoms with van der Waals surface area (Å²) in [4.78, 5) is 32.5. The van der Waals surface area contributed by atoms with Crippen LogP contribution >= 0.6 is 11.6 Å². The van der Waals surface area contributed by atoms with Crippen LogP contribution in [0.1, 0.15) is 29.4 Å². The molecule has 7 nitrogen and oxygen atoms in total. The molecule has 1 aromatic carbocycles. The molecule has 4 aromatic rings. The molecule has 2 atom stereocenters. The number of imidazole rings is 1. The predicted octanol–water partition coefficient (Wildman–Crippen LogP) is 2.84. The summed E-state index contributed by atoms with van der Waals surface area (Å²) in [6.45, 7) is 0. The number of fused-ring (bicyclic) bond motifs is 1. The number of halogens is 2. The zero-order valence-corrected chi connectivity index (χ0v) is 15.1. The summed E-state index contributed by atoms with van der Waals surface area (Å²) in [5.74, 6) is -0.112. The smallest absolute Gasteiger partial charge is 0.313 e.